The zero-order valence-corrected chi connectivity index (χ0v) is 10.2. The Morgan fingerprint density at radius 3 is 2.58 bits per heavy atom. The van der Waals surface area contributed by atoms with E-state index in [0.29, 0.717) is 11.3 Å². The number of nitrogens with zero attached hydrogens (tertiary/aromatic N) is 2. The largest absolute Gasteiger partial charge is 0.354 e. The number of hydrogen-bond acceptors (Lipinski definition) is 3. The van der Waals surface area contributed by atoms with Crippen molar-refractivity contribution in [2.24, 2.45) is 5.73 Å². The molecule has 2 aromatic rings. The van der Waals surface area contributed by atoms with E-state index in [4.69, 9.17) is 5.73 Å². The average Bonchev–Trinajstić information content (AvgIpc) is 2.95. The molecule has 19 heavy (non-hydrogen) atoms. The number of benzene rings is 1. The van der Waals surface area contributed by atoms with Crippen LogP contribution in [-0.4, -0.2) is 29.3 Å². The highest BCUT2D eigenvalue weighted by atomic mass is 19.1. The lowest BCUT2D eigenvalue weighted by atomic mass is 10.1. The molecule has 0 bridgehead atoms. The normalized spacial score (nSPS) is 19.1. The van der Waals surface area contributed by atoms with Crippen LogP contribution in [0.3, 0.4) is 0 Å². The van der Waals surface area contributed by atoms with Gasteiger partial charge in [0.1, 0.15) is 11.6 Å². The molecular weight excluding hydrogens is 250 g/mol. The monoisotopic (exact) mass is 264 g/mol. The van der Waals surface area contributed by atoms with Crippen molar-refractivity contribution in [2.45, 2.75) is 12.5 Å². The van der Waals surface area contributed by atoms with Crippen molar-refractivity contribution in [1.29, 1.82) is 0 Å². The maximum Gasteiger partial charge on any atom is 0.151 e. The van der Waals surface area contributed by atoms with Gasteiger partial charge in [-0.25, -0.2) is 8.78 Å². The molecule has 1 unspecified atom stereocenters. The molecule has 0 aliphatic carbocycles. The maximum atomic E-state index is 13.2. The van der Waals surface area contributed by atoms with Gasteiger partial charge in [0.25, 0.3) is 0 Å². The zero-order chi connectivity index (χ0) is 13.4. The van der Waals surface area contributed by atoms with E-state index in [0.717, 1.165) is 31.4 Å². The molecule has 100 valence electrons. The van der Waals surface area contributed by atoms with Crippen molar-refractivity contribution in [2.75, 3.05) is 18.0 Å². The summed E-state index contributed by atoms with van der Waals surface area (Å²) in [5.74, 6) is -0.448. The summed E-state index contributed by atoms with van der Waals surface area (Å²) in [5.41, 5.74) is 6.88. The van der Waals surface area contributed by atoms with E-state index in [1.807, 2.05) is 0 Å². The van der Waals surface area contributed by atoms with Gasteiger partial charge in [-0.3, -0.25) is 5.10 Å². The summed E-state index contributed by atoms with van der Waals surface area (Å²) in [4.78, 5) is 2.06. The number of nitrogens with one attached hydrogen (secondary N) is 1. The van der Waals surface area contributed by atoms with Gasteiger partial charge < -0.3 is 10.6 Å². The molecule has 4 nitrogen and oxygen atoms in total. The Hall–Kier alpha value is -1.95. The standard InChI is InChI=1S/C13H14F2N4/c14-9-3-8(4-10(15)5-9)12-6-13(18-17-12)19-2-1-11(16)7-19/h3-6,11H,1-2,7,16H2,(H,17,18). The van der Waals surface area contributed by atoms with E-state index in [-0.39, 0.29) is 6.04 Å². The minimum atomic E-state index is -0.602. The lowest BCUT2D eigenvalue weighted by molar-refractivity contribution is 0.584. The Morgan fingerprint density at radius 1 is 1.21 bits per heavy atom. The first-order valence-electron chi connectivity index (χ1n) is 6.14. The number of aromatic amines is 1. The first-order valence-corrected chi connectivity index (χ1v) is 6.14. The minimum absolute atomic E-state index is 0.159. The van der Waals surface area contributed by atoms with Gasteiger partial charge in [-0.05, 0) is 18.6 Å². The van der Waals surface area contributed by atoms with Crippen molar-refractivity contribution in [1.82, 2.24) is 10.2 Å². The minimum Gasteiger partial charge on any atom is -0.354 e. The van der Waals surface area contributed by atoms with Crippen molar-refractivity contribution < 1.29 is 8.78 Å². The summed E-state index contributed by atoms with van der Waals surface area (Å²) in [6.07, 6.45) is 0.927. The summed E-state index contributed by atoms with van der Waals surface area (Å²) in [6, 6.07) is 5.34. The third-order valence-electron chi connectivity index (χ3n) is 3.29. The van der Waals surface area contributed by atoms with Gasteiger partial charge in [0.05, 0.1) is 5.69 Å². The van der Waals surface area contributed by atoms with E-state index in [9.17, 15) is 8.78 Å². The van der Waals surface area contributed by atoms with Gasteiger partial charge in [-0.2, -0.15) is 5.10 Å². The summed E-state index contributed by atoms with van der Waals surface area (Å²) in [6.45, 7) is 1.60. The fraction of sp³-hybridized carbons (Fsp3) is 0.308. The fourth-order valence-electron chi connectivity index (χ4n) is 2.33. The zero-order valence-electron chi connectivity index (χ0n) is 10.2. The fourth-order valence-corrected chi connectivity index (χ4v) is 2.33. The van der Waals surface area contributed by atoms with Crippen LogP contribution in [0.1, 0.15) is 6.42 Å². The first-order chi connectivity index (χ1) is 9.11. The summed E-state index contributed by atoms with van der Waals surface area (Å²) in [5, 5.41) is 6.97. The molecule has 1 aliphatic heterocycles. The number of rotatable bonds is 2. The van der Waals surface area contributed by atoms with Crippen LogP contribution in [0.15, 0.2) is 24.3 Å². The molecule has 2 heterocycles. The SMILES string of the molecule is NC1CCN(c2cc(-c3cc(F)cc(F)c3)[nH]n2)C1. The van der Waals surface area contributed by atoms with E-state index < -0.39 is 11.6 Å². The Bertz CT molecular complexity index is 576. The Labute approximate surface area is 109 Å². The highest BCUT2D eigenvalue weighted by Gasteiger charge is 2.21. The molecule has 0 radical (unpaired) electrons. The van der Waals surface area contributed by atoms with Gasteiger partial charge in [-0.1, -0.05) is 0 Å². The average molecular weight is 264 g/mol. The third kappa shape index (κ3) is 2.44. The molecule has 3 N–H and O–H groups in total. The molecule has 1 fully saturated rings. The summed E-state index contributed by atoms with van der Waals surface area (Å²) < 4.78 is 26.3. The van der Waals surface area contributed by atoms with Crippen LogP contribution in [-0.2, 0) is 0 Å². The topological polar surface area (TPSA) is 57.9 Å². The predicted molar refractivity (Wildman–Crippen MR) is 68.7 cm³/mol. The van der Waals surface area contributed by atoms with Gasteiger partial charge >= 0.3 is 0 Å². The number of anilines is 1. The van der Waals surface area contributed by atoms with Gasteiger partial charge in [-0.15, -0.1) is 0 Å². The lowest BCUT2D eigenvalue weighted by Crippen LogP contribution is -2.26. The predicted octanol–water partition coefficient (Wildman–Crippen LogP) is 1.89. The van der Waals surface area contributed by atoms with Crippen molar-refractivity contribution in [3.05, 3.63) is 35.9 Å². The second-order valence-corrected chi connectivity index (χ2v) is 4.79. The number of hydrogen-bond donors (Lipinski definition) is 2. The van der Waals surface area contributed by atoms with Gasteiger partial charge in [0.2, 0.25) is 0 Å². The van der Waals surface area contributed by atoms with Crippen molar-refractivity contribution >= 4 is 5.82 Å². The van der Waals surface area contributed by atoms with E-state index in [2.05, 4.69) is 15.1 Å². The molecule has 0 spiro atoms. The van der Waals surface area contributed by atoms with Crippen LogP contribution < -0.4 is 10.6 Å². The van der Waals surface area contributed by atoms with Crippen LogP contribution in [0, 0.1) is 11.6 Å². The molecule has 0 saturated carbocycles. The molecule has 1 atom stereocenters. The molecule has 0 amide bonds. The maximum absolute atomic E-state index is 13.2. The number of H-pyrrole nitrogens is 1. The molecule has 1 aromatic heterocycles. The third-order valence-corrected chi connectivity index (χ3v) is 3.29. The molecule has 1 aliphatic rings. The van der Waals surface area contributed by atoms with Crippen LogP contribution >= 0.6 is 0 Å². The Kier molecular flexibility index (Phi) is 2.94. The Balaban J connectivity index is 1.88. The van der Waals surface area contributed by atoms with E-state index in [1.54, 1.807) is 6.07 Å². The summed E-state index contributed by atoms with van der Waals surface area (Å²) >= 11 is 0. The van der Waals surface area contributed by atoms with Crippen LogP contribution in [0.4, 0.5) is 14.6 Å². The number of aromatic nitrogens is 2. The smallest absolute Gasteiger partial charge is 0.151 e. The number of nitrogens with two attached hydrogens (primary N) is 1. The Morgan fingerprint density at radius 2 is 1.95 bits per heavy atom. The second-order valence-electron chi connectivity index (χ2n) is 4.79. The molecule has 1 aromatic carbocycles. The van der Waals surface area contributed by atoms with Crippen LogP contribution in [0.5, 0.6) is 0 Å². The highest BCUT2D eigenvalue weighted by molar-refractivity contribution is 5.63. The number of halogens is 2. The van der Waals surface area contributed by atoms with Crippen molar-refractivity contribution in [3.8, 4) is 11.3 Å². The molecule has 3 rings (SSSR count). The first kappa shape index (κ1) is 12.1. The van der Waals surface area contributed by atoms with E-state index >= 15 is 0 Å². The van der Waals surface area contributed by atoms with Gasteiger partial charge in [0.15, 0.2) is 5.82 Å². The molecule has 6 heteroatoms. The summed E-state index contributed by atoms with van der Waals surface area (Å²) in [7, 11) is 0. The van der Waals surface area contributed by atoms with Crippen molar-refractivity contribution in [3.63, 3.8) is 0 Å². The highest BCUT2D eigenvalue weighted by Crippen LogP contribution is 2.25. The van der Waals surface area contributed by atoms with E-state index in [1.165, 1.54) is 12.1 Å². The quantitative estimate of drug-likeness (QED) is 0.871. The lowest BCUT2D eigenvalue weighted by Gasteiger charge is -2.13. The van der Waals surface area contributed by atoms with Crippen LogP contribution in [0.25, 0.3) is 11.3 Å². The second kappa shape index (κ2) is 4.62. The molecule has 1 saturated heterocycles. The molecular formula is C13H14F2N4. The van der Waals surface area contributed by atoms with Gasteiger partial charge in [0, 0.05) is 36.8 Å². The van der Waals surface area contributed by atoms with Crippen LogP contribution in [0.2, 0.25) is 0 Å².